The van der Waals surface area contributed by atoms with Crippen molar-refractivity contribution in [3.8, 4) is 12.1 Å². The lowest BCUT2D eigenvalue weighted by Crippen LogP contribution is -2.19. The zero-order valence-corrected chi connectivity index (χ0v) is 16.3. The number of carbonyl (C=O) groups excluding carboxylic acids is 1. The number of aromatic nitrogens is 2. The van der Waals surface area contributed by atoms with E-state index in [-0.39, 0.29) is 11.7 Å². The predicted octanol–water partition coefficient (Wildman–Crippen LogP) is 4.09. The minimum Gasteiger partial charge on any atom is -0.327 e. The van der Waals surface area contributed by atoms with Crippen LogP contribution in [0.4, 0.5) is 5.82 Å². The SMILES string of the molecule is Cc1c(C#N)c(NC(=O)CSc2cc(C#N)ccn2)n(C2CCCC2)c1C. The Hall–Kier alpha value is -2.77. The van der Waals surface area contributed by atoms with Gasteiger partial charge in [-0.15, -0.1) is 0 Å². The zero-order chi connectivity index (χ0) is 19.4. The Morgan fingerprint density at radius 1 is 1.33 bits per heavy atom. The maximum absolute atomic E-state index is 12.5. The second kappa shape index (κ2) is 8.28. The third kappa shape index (κ3) is 3.99. The van der Waals surface area contributed by atoms with Gasteiger partial charge < -0.3 is 9.88 Å². The van der Waals surface area contributed by atoms with Crippen LogP contribution in [0.25, 0.3) is 0 Å². The molecule has 1 saturated carbocycles. The highest BCUT2D eigenvalue weighted by Gasteiger charge is 2.26. The van der Waals surface area contributed by atoms with E-state index in [0.29, 0.717) is 28.0 Å². The van der Waals surface area contributed by atoms with E-state index in [9.17, 15) is 10.1 Å². The molecule has 3 rings (SSSR count). The summed E-state index contributed by atoms with van der Waals surface area (Å²) in [6.45, 7) is 3.94. The second-order valence-corrected chi connectivity index (χ2v) is 7.68. The molecule has 6 nitrogen and oxygen atoms in total. The van der Waals surface area contributed by atoms with Crippen molar-refractivity contribution in [2.75, 3.05) is 11.1 Å². The van der Waals surface area contributed by atoms with Crippen LogP contribution < -0.4 is 5.32 Å². The molecule has 0 aromatic carbocycles. The van der Waals surface area contributed by atoms with Crippen molar-refractivity contribution in [2.24, 2.45) is 0 Å². The number of hydrogen-bond donors (Lipinski definition) is 1. The smallest absolute Gasteiger partial charge is 0.235 e. The minimum atomic E-state index is -0.183. The quantitative estimate of drug-likeness (QED) is 0.790. The topological polar surface area (TPSA) is 94.5 Å². The van der Waals surface area contributed by atoms with Crippen molar-refractivity contribution >= 4 is 23.5 Å². The molecule has 0 radical (unpaired) electrons. The van der Waals surface area contributed by atoms with E-state index in [4.69, 9.17) is 5.26 Å². The summed E-state index contributed by atoms with van der Waals surface area (Å²) < 4.78 is 2.14. The zero-order valence-electron chi connectivity index (χ0n) is 15.5. The number of hydrogen-bond acceptors (Lipinski definition) is 5. The van der Waals surface area contributed by atoms with Crippen molar-refractivity contribution in [1.82, 2.24) is 9.55 Å². The minimum absolute atomic E-state index is 0.167. The summed E-state index contributed by atoms with van der Waals surface area (Å²) in [5.74, 6) is 0.599. The van der Waals surface area contributed by atoms with Crippen molar-refractivity contribution < 1.29 is 4.79 Å². The molecular formula is C20H21N5OS. The number of amides is 1. The van der Waals surface area contributed by atoms with Crippen molar-refractivity contribution in [3.05, 3.63) is 40.7 Å². The number of nitrogens with one attached hydrogen (secondary N) is 1. The van der Waals surface area contributed by atoms with Crippen LogP contribution in [0.15, 0.2) is 23.4 Å². The molecule has 2 heterocycles. The largest absolute Gasteiger partial charge is 0.327 e. The van der Waals surface area contributed by atoms with Gasteiger partial charge in [0.1, 0.15) is 11.9 Å². The van der Waals surface area contributed by atoms with Gasteiger partial charge in [-0.3, -0.25) is 4.79 Å². The van der Waals surface area contributed by atoms with E-state index in [1.54, 1.807) is 18.3 Å². The molecule has 2 aromatic rings. The first kappa shape index (κ1) is 19.0. The lowest BCUT2D eigenvalue weighted by atomic mass is 10.2. The lowest BCUT2D eigenvalue weighted by molar-refractivity contribution is -0.113. The van der Waals surface area contributed by atoms with Crippen LogP contribution in [0.3, 0.4) is 0 Å². The molecule has 0 saturated heterocycles. The molecule has 0 spiro atoms. The average Bonchev–Trinajstić information content (AvgIpc) is 3.28. The Bertz CT molecular complexity index is 945. The Kier molecular flexibility index (Phi) is 5.83. The van der Waals surface area contributed by atoms with Gasteiger partial charge in [-0.2, -0.15) is 10.5 Å². The summed E-state index contributed by atoms with van der Waals surface area (Å²) in [7, 11) is 0. The molecule has 0 atom stereocenters. The Labute approximate surface area is 163 Å². The molecule has 0 unspecified atom stereocenters. The predicted molar refractivity (Wildman–Crippen MR) is 104 cm³/mol. The van der Waals surface area contributed by atoms with Crippen molar-refractivity contribution in [3.63, 3.8) is 0 Å². The third-order valence-electron chi connectivity index (χ3n) is 5.03. The van der Waals surface area contributed by atoms with E-state index in [0.717, 1.165) is 24.1 Å². The van der Waals surface area contributed by atoms with Crippen LogP contribution in [0, 0.1) is 36.5 Å². The molecule has 2 aromatic heterocycles. The number of nitrogens with zero attached hydrogens (tertiary/aromatic N) is 4. The molecule has 1 aliphatic carbocycles. The molecule has 0 aliphatic heterocycles. The van der Waals surface area contributed by atoms with Gasteiger partial charge in [0.25, 0.3) is 0 Å². The Morgan fingerprint density at radius 2 is 2.07 bits per heavy atom. The Morgan fingerprint density at radius 3 is 2.74 bits per heavy atom. The summed E-state index contributed by atoms with van der Waals surface area (Å²) in [6.07, 6.45) is 6.05. The highest BCUT2D eigenvalue weighted by atomic mass is 32.2. The van der Waals surface area contributed by atoms with Crippen LogP contribution in [0.1, 0.15) is 54.1 Å². The van der Waals surface area contributed by atoms with Gasteiger partial charge >= 0.3 is 0 Å². The van der Waals surface area contributed by atoms with Gasteiger partial charge in [0.2, 0.25) is 5.91 Å². The van der Waals surface area contributed by atoms with Crippen LogP contribution in [-0.2, 0) is 4.79 Å². The number of thioether (sulfide) groups is 1. The first-order valence-corrected chi connectivity index (χ1v) is 9.94. The van der Waals surface area contributed by atoms with Gasteiger partial charge in [0.15, 0.2) is 0 Å². The normalized spacial score (nSPS) is 13.9. The molecule has 0 bridgehead atoms. The van der Waals surface area contributed by atoms with Crippen LogP contribution in [0.5, 0.6) is 0 Å². The fraction of sp³-hybridized carbons (Fsp3) is 0.400. The fourth-order valence-electron chi connectivity index (χ4n) is 3.57. The standard InChI is InChI=1S/C20H21N5OS/c1-13-14(2)25(16-5-3-4-6-16)20(17(13)11-22)24-18(26)12-27-19-9-15(10-21)7-8-23-19/h7-9,16H,3-6,12H2,1-2H3,(H,24,26). The number of pyridine rings is 1. The van der Waals surface area contributed by atoms with Gasteiger partial charge in [0, 0.05) is 17.9 Å². The second-order valence-electron chi connectivity index (χ2n) is 6.69. The molecule has 27 heavy (non-hydrogen) atoms. The molecule has 7 heteroatoms. The fourth-order valence-corrected chi connectivity index (χ4v) is 4.27. The van der Waals surface area contributed by atoms with Gasteiger partial charge in [-0.25, -0.2) is 4.98 Å². The summed E-state index contributed by atoms with van der Waals surface area (Å²) in [6, 6.07) is 7.94. The van der Waals surface area contributed by atoms with E-state index in [2.05, 4.69) is 27.0 Å². The van der Waals surface area contributed by atoms with Gasteiger partial charge in [-0.05, 0) is 44.4 Å². The average molecular weight is 379 g/mol. The summed E-state index contributed by atoms with van der Waals surface area (Å²) in [4.78, 5) is 16.7. The monoisotopic (exact) mass is 379 g/mol. The molecule has 138 valence electrons. The Balaban J connectivity index is 1.78. The number of anilines is 1. The molecule has 1 N–H and O–H groups in total. The maximum atomic E-state index is 12.5. The molecule has 1 aliphatic rings. The van der Waals surface area contributed by atoms with Crippen molar-refractivity contribution in [2.45, 2.75) is 50.6 Å². The van der Waals surface area contributed by atoms with Gasteiger partial charge in [0.05, 0.1) is 28.0 Å². The van der Waals surface area contributed by atoms with Crippen LogP contribution in [0.2, 0.25) is 0 Å². The maximum Gasteiger partial charge on any atom is 0.235 e. The lowest BCUT2D eigenvalue weighted by Gasteiger charge is -2.19. The van der Waals surface area contributed by atoms with Crippen LogP contribution in [-0.4, -0.2) is 21.2 Å². The van der Waals surface area contributed by atoms with E-state index in [1.807, 2.05) is 13.8 Å². The van der Waals surface area contributed by atoms with E-state index < -0.39 is 0 Å². The number of rotatable bonds is 5. The van der Waals surface area contributed by atoms with Crippen LogP contribution >= 0.6 is 11.8 Å². The molecule has 1 amide bonds. The highest BCUT2D eigenvalue weighted by Crippen LogP contribution is 2.37. The first-order valence-electron chi connectivity index (χ1n) is 8.95. The summed E-state index contributed by atoms with van der Waals surface area (Å²) in [5, 5.41) is 22.1. The number of nitriles is 2. The number of carbonyl (C=O) groups is 1. The third-order valence-corrected chi connectivity index (χ3v) is 5.96. The van der Waals surface area contributed by atoms with E-state index in [1.165, 1.54) is 24.6 Å². The molecule has 1 fully saturated rings. The van der Waals surface area contributed by atoms with Gasteiger partial charge in [-0.1, -0.05) is 24.6 Å². The summed E-state index contributed by atoms with van der Waals surface area (Å²) in [5.41, 5.74) is 3.03. The summed E-state index contributed by atoms with van der Waals surface area (Å²) >= 11 is 1.27. The van der Waals surface area contributed by atoms with E-state index >= 15 is 0 Å². The van der Waals surface area contributed by atoms with Crippen molar-refractivity contribution in [1.29, 1.82) is 10.5 Å². The molecular weight excluding hydrogens is 358 g/mol. The highest BCUT2D eigenvalue weighted by molar-refractivity contribution is 7.99. The first-order chi connectivity index (χ1) is 13.0.